The summed E-state index contributed by atoms with van der Waals surface area (Å²) in [5.41, 5.74) is 5.97. The van der Waals surface area contributed by atoms with Crippen molar-refractivity contribution in [2.45, 2.75) is 77.3 Å². The molecule has 4 heteroatoms. The first-order chi connectivity index (χ1) is 9.06. The minimum atomic E-state index is -0.359. The number of rotatable bonds is 8. The van der Waals surface area contributed by atoms with Crippen LogP contribution in [0.15, 0.2) is 0 Å². The average Bonchev–Trinajstić information content (AvgIpc) is 2.83. The quantitative estimate of drug-likeness (QED) is 0.687. The van der Waals surface area contributed by atoms with Gasteiger partial charge in [0.05, 0.1) is 6.04 Å². The molecule has 0 radical (unpaired) electrons. The second-order valence-corrected chi connectivity index (χ2v) is 5.62. The molecule has 1 rings (SSSR count). The van der Waals surface area contributed by atoms with Crippen LogP contribution in [0.5, 0.6) is 0 Å². The normalized spacial score (nSPS) is 20.6. The number of carbonyl (C=O) groups excluding carboxylic acids is 2. The monoisotopic (exact) mass is 268 g/mol. The van der Waals surface area contributed by atoms with Crippen molar-refractivity contribution in [3.8, 4) is 0 Å². The maximum Gasteiger partial charge on any atom is 0.239 e. The standard InChI is InChI=1S/C15H28N2O2/c1-3-13(18)9-5-4-6-10-14(16)15(19)17-11-7-8-12(17)2/h12,14H,3-11,16H2,1-2H3/t12-,14+/m1/s1. The van der Waals surface area contributed by atoms with Crippen molar-refractivity contribution in [3.63, 3.8) is 0 Å². The fraction of sp³-hybridized carbons (Fsp3) is 0.867. The highest BCUT2D eigenvalue weighted by Crippen LogP contribution is 2.18. The third-order valence-electron chi connectivity index (χ3n) is 4.02. The van der Waals surface area contributed by atoms with E-state index in [0.717, 1.165) is 45.1 Å². The fourth-order valence-electron chi connectivity index (χ4n) is 2.64. The van der Waals surface area contributed by atoms with Gasteiger partial charge in [0.15, 0.2) is 0 Å². The van der Waals surface area contributed by atoms with E-state index in [2.05, 4.69) is 6.92 Å². The zero-order valence-electron chi connectivity index (χ0n) is 12.4. The Morgan fingerprint density at radius 3 is 2.63 bits per heavy atom. The summed E-state index contributed by atoms with van der Waals surface area (Å²) in [6, 6.07) is -0.0110. The topological polar surface area (TPSA) is 63.4 Å². The van der Waals surface area contributed by atoms with Crippen LogP contribution in [0.2, 0.25) is 0 Å². The third-order valence-corrected chi connectivity index (χ3v) is 4.02. The van der Waals surface area contributed by atoms with E-state index in [1.54, 1.807) is 0 Å². The van der Waals surface area contributed by atoms with Gasteiger partial charge in [0, 0.05) is 25.4 Å². The van der Waals surface area contributed by atoms with E-state index in [0.29, 0.717) is 24.7 Å². The van der Waals surface area contributed by atoms with Crippen LogP contribution in [0.3, 0.4) is 0 Å². The van der Waals surface area contributed by atoms with Crippen molar-refractivity contribution in [1.29, 1.82) is 0 Å². The Morgan fingerprint density at radius 2 is 2.05 bits per heavy atom. The first kappa shape index (κ1) is 16.2. The molecule has 0 aromatic carbocycles. The highest BCUT2D eigenvalue weighted by atomic mass is 16.2. The minimum Gasteiger partial charge on any atom is -0.339 e. The van der Waals surface area contributed by atoms with Gasteiger partial charge in [-0.15, -0.1) is 0 Å². The third kappa shape index (κ3) is 5.31. The molecule has 0 bridgehead atoms. The lowest BCUT2D eigenvalue weighted by Gasteiger charge is -2.24. The summed E-state index contributed by atoms with van der Waals surface area (Å²) >= 11 is 0. The van der Waals surface area contributed by atoms with Gasteiger partial charge in [0.2, 0.25) is 5.91 Å². The van der Waals surface area contributed by atoms with E-state index < -0.39 is 0 Å². The van der Waals surface area contributed by atoms with Gasteiger partial charge in [0.1, 0.15) is 5.78 Å². The molecule has 19 heavy (non-hydrogen) atoms. The van der Waals surface area contributed by atoms with Crippen LogP contribution < -0.4 is 5.73 Å². The van der Waals surface area contributed by atoms with Crippen molar-refractivity contribution >= 4 is 11.7 Å². The molecule has 1 amide bonds. The Balaban J connectivity index is 2.15. The van der Waals surface area contributed by atoms with Gasteiger partial charge in [-0.25, -0.2) is 0 Å². The summed E-state index contributed by atoms with van der Waals surface area (Å²) in [4.78, 5) is 25.2. The molecule has 110 valence electrons. The molecule has 4 nitrogen and oxygen atoms in total. The molecule has 0 aromatic rings. The molecule has 1 aliphatic heterocycles. The van der Waals surface area contributed by atoms with Crippen molar-refractivity contribution in [1.82, 2.24) is 4.90 Å². The van der Waals surface area contributed by atoms with E-state index in [9.17, 15) is 9.59 Å². The lowest BCUT2D eigenvalue weighted by Crippen LogP contribution is -2.45. The van der Waals surface area contributed by atoms with Crippen LogP contribution in [-0.2, 0) is 9.59 Å². The van der Waals surface area contributed by atoms with Crippen molar-refractivity contribution in [2.75, 3.05) is 6.54 Å². The average molecular weight is 268 g/mol. The highest BCUT2D eigenvalue weighted by Gasteiger charge is 2.28. The molecule has 2 atom stereocenters. The number of Topliss-reactive ketones (excluding diaryl/α,β-unsaturated/α-hetero) is 1. The number of likely N-dealkylation sites (tertiary alicyclic amines) is 1. The number of hydrogen-bond donors (Lipinski definition) is 1. The minimum absolute atomic E-state index is 0.106. The Kier molecular flexibility index (Phi) is 7.06. The molecule has 0 spiro atoms. The van der Waals surface area contributed by atoms with Crippen molar-refractivity contribution < 1.29 is 9.59 Å². The van der Waals surface area contributed by atoms with Gasteiger partial charge in [-0.2, -0.15) is 0 Å². The van der Waals surface area contributed by atoms with Crippen LogP contribution in [0.4, 0.5) is 0 Å². The molecule has 2 N–H and O–H groups in total. The molecular formula is C15H28N2O2. The van der Waals surface area contributed by atoms with Gasteiger partial charge in [-0.1, -0.05) is 19.8 Å². The zero-order chi connectivity index (χ0) is 14.3. The van der Waals surface area contributed by atoms with E-state index in [-0.39, 0.29) is 11.9 Å². The molecule has 1 fully saturated rings. The van der Waals surface area contributed by atoms with Gasteiger partial charge < -0.3 is 10.6 Å². The number of carbonyl (C=O) groups is 2. The summed E-state index contributed by atoms with van der Waals surface area (Å²) in [7, 11) is 0. The van der Waals surface area contributed by atoms with Crippen LogP contribution in [-0.4, -0.2) is 35.2 Å². The Hall–Kier alpha value is -0.900. The first-order valence-corrected chi connectivity index (χ1v) is 7.64. The smallest absolute Gasteiger partial charge is 0.239 e. The maximum absolute atomic E-state index is 12.1. The van der Waals surface area contributed by atoms with Crippen LogP contribution in [0.1, 0.15) is 65.2 Å². The number of hydrogen-bond acceptors (Lipinski definition) is 3. The van der Waals surface area contributed by atoms with E-state index in [1.807, 2.05) is 11.8 Å². The first-order valence-electron chi connectivity index (χ1n) is 7.64. The molecular weight excluding hydrogens is 240 g/mol. The van der Waals surface area contributed by atoms with E-state index in [4.69, 9.17) is 5.73 Å². The number of nitrogens with zero attached hydrogens (tertiary/aromatic N) is 1. The van der Waals surface area contributed by atoms with Crippen LogP contribution in [0.25, 0.3) is 0 Å². The molecule has 0 unspecified atom stereocenters. The summed E-state index contributed by atoms with van der Waals surface area (Å²) < 4.78 is 0. The summed E-state index contributed by atoms with van der Waals surface area (Å²) in [6.07, 6.45) is 7.08. The zero-order valence-corrected chi connectivity index (χ0v) is 12.4. The number of unbranched alkanes of at least 4 members (excludes halogenated alkanes) is 2. The van der Waals surface area contributed by atoms with E-state index in [1.165, 1.54) is 0 Å². The molecule has 0 aliphatic carbocycles. The largest absolute Gasteiger partial charge is 0.339 e. The van der Waals surface area contributed by atoms with Gasteiger partial charge >= 0.3 is 0 Å². The Labute approximate surface area is 116 Å². The van der Waals surface area contributed by atoms with Gasteiger partial charge in [-0.05, 0) is 32.6 Å². The highest BCUT2D eigenvalue weighted by molar-refractivity contribution is 5.82. The molecule has 1 aliphatic rings. The predicted molar refractivity (Wildman–Crippen MR) is 76.8 cm³/mol. The van der Waals surface area contributed by atoms with Crippen molar-refractivity contribution in [3.05, 3.63) is 0 Å². The number of nitrogens with two attached hydrogens (primary N) is 1. The summed E-state index contributed by atoms with van der Waals surface area (Å²) in [5.74, 6) is 0.431. The van der Waals surface area contributed by atoms with Crippen molar-refractivity contribution in [2.24, 2.45) is 5.73 Å². The molecule has 0 aromatic heterocycles. The van der Waals surface area contributed by atoms with Crippen LogP contribution >= 0.6 is 0 Å². The second-order valence-electron chi connectivity index (χ2n) is 5.62. The molecule has 1 saturated heterocycles. The van der Waals surface area contributed by atoms with Gasteiger partial charge in [0.25, 0.3) is 0 Å². The second kappa shape index (κ2) is 8.31. The Bertz CT molecular complexity index is 305. The van der Waals surface area contributed by atoms with Gasteiger partial charge in [-0.3, -0.25) is 9.59 Å². The number of ketones is 1. The SMILES string of the molecule is CCC(=O)CCCCC[C@H](N)C(=O)N1CCC[C@H]1C. The predicted octanol–water partition coefficient (Wildman–Crippen LogP) is 2.25. The lowest BCUT2D eigenvalue weighted by molar-refractivity contribution is -0.133. The Morgan fingerprint density at radius 1 is 1.32 bits per heavy atom. The van der Waals surface area contributed by atoms with Crippen LogP contribution in [0, 0.1) is 0 Å². The maximum atomic E-state index is 12.1. The van der Waals surface area contributed by atoms with E-state index >= 15 is 0 Å². The fourth-order valence-corrected chi connectivity index (χ4v) is 2.64. The summed E-state index contributed by atoms with van der Waals surface area (Å²) in [6.45, 7) is 4.85. The summed E-state index contributed by atoms with van der Waals surface area (Å²) in [5, 5.41) is 0. The molecule has 1 heterocycles. The molecule has 0 saturated carbocycles. The number of amides is 1. The lowest BCUT2D eigenvalue weighted by atomic mass is 10.0.